The summed E-state index contributed by atoms with van der Waals surface area (Å²) in [4.78, 5) is 10.4. The number of terminal acetylenes is 1. The molecule has 0 aromatic heterocycles. The van der Waals surface area contributed by atoms with E-state index in [0.29, 0.717) is 0 Å². The summed E-state index contributed by atoms with van der Waals surface area (Å²) in [7, 11) is 0. The maximum absolute atomic E-state index is 13.1. The van der Waals surface area contributed by atoms with Crippen molar-refractivity contribution < 1.29 is 19.0 Å². The average Bonchev–Trinajstić information content (AvgIpc) is 2.15. The molecule has 14 heavy (non-hydrogen) atoms. The Kier molecular flexibility index (Phi) is 3.08. The number of benzene rings is 1. The number of aromatic carboxylic acids is 1. The van der Waals surface area contributed by atoms with Crippen molar-refractivity contribution in [3.63, 3.8) is 0 Å². The number of rotatable bonds is 3. The van der Waals surface area contributed by atoms with E-state index in [2.05, 4.69) is 5.92 Å². The van der Waals surface area contributed by atoms with E-state index in [0.717, 1.165) is 6.07 Å². The van der Waals surface area contributed by atoms with Crippen LogP contribution in [-0.2, 0) is 0 Å². The molecule has 0 saturated heterocycles. The van der Waals surface area contributed by atoms with E-state index in [1.54, 1.807) is 0 Å². The fourth-order valence-electron chi connectivity index (χ4n) is 0.870. The van der Waals surface area contributed by atoms with E-state index in [-0.39, 0.29) is 17.9 Å². The summed E-state index contributed by atoms with van der Waals surface area (Å²) in [6.45, 7) is -0.0522. The van der Waals surface area contributed by atoms with Crippen molar-refractivity contribution in [3.05, 3.63) is 29.6 Å². The average molecular weight is 194 g/mol. The van der Waals surface area contributed by atoms with Gasteiger partial charge < -0.3 is 9.84 Å². The van der Waals surface area contributed by atoms with Crippen molar-refractivity contribution in [1.82, 2.24) is 0 Å². The number of carboxylic acid groups (broad SMARTS) is 1. The fourth-order valence-corrected chi connectivity index (χ4v) is 0.870. The maximum Gasteiger partial charge on any atom is 0.335 e. The van der Waals surface area contributed by atoms with Crippen LogP contribution in [0.25, 0.3) is 0 Å². The number of carbonyl (C=O) groups is 1. The van der Waals surface area contributed by atoms with E-state index in [1.165, 1.54) is 12.1 Å². The lowest BCUT2D eigenvalue weighted by molar-refractivity contribution is 0.0696. The SMILES string of the molecule is C#CCOc1ccc(C(=O)O)cc1F. The van der Waals surface area contributed by atoms with Crippen molar-refractivity contribution in [2.75, 3.05) is 6.61 Å². The highest BCUT2D eigenvalue weighted by Gasteiger charge is 2.08. The molecule has 0 radical (unpaired) electrons. The van der Waals surface area contributed by atoms with E-state index in [1.807, 2.05) is 0 Å². The minimum atomic E-state index is -1.19. The molecule has 1 N–H and O–H groups in total. The quantitative estimate of drug-likeness (QED) is 0.742. The molecule has 0 atom stereocenters. The van der Waals surface area contributed by atoms with Gasteiger partial charge in [-0.15, -0.1) is 6.42 Å². The molecule has 0 aliphatic rings. The normalized spacial score (nSPS) is 9.14. The molecule has 0 spiro atoms. The summed E-state index contributed by atoms with van der Waals surface area (Å²) >= 11 is 0. The highest BCUT2D eigenvalue weighted by molar-refractivity contribution is 5.87. The van der Waals surface area contributed by atoms with Crippen LogP contribution in [0, 0.1) is 18.2 Å². The predicted octanol–water partition coefficient (Wildman–Crippen LogP) is 1.54. The first-order chi connectivity index (χ1) is 6.65. The van der Waals surface area contributed by atoms with Gasteiger partial charge in [0.15, 0.2) is 11.6 Å². The lowest BCUT2D eigenvalue weighted by atomic mass is 10.2. The Bertz CT molecular complexity index is 393. The van der Waals surface area contributed by atoms with Gasteiger partial charge >= 0.3 is 5.97 Å². The van der Waals surface area contributed by atoms with Crippen LogP contribution in [0.3, 0.4) is 0 Å². The molecular weight excluding hydrogens is 187 g/mol. The Morgan fingerprint density at radius 3 is 2.86 bits per heavy atom. The van der Waals surface area contributed by atoms with Crippen LogP contribution >= 0.6 is 0 Å². The number of halogens is 1. The third-order valence-corrected chi connectivity index (χ3v) is 1.49. The standard InChI is InChI=1S/C10H7FO3/c1-2-5-14-9-4-3-7(10(12)13)6-8(9)11/h1,3-4,6H,5H2,(H,12,13). The Morgan fingerprint density at radius 1 is 1.64 bits per heavy atom. The molecule has 0 bridgehead atoms. The summed E-state index contributed by atoms with van der Waals surface area (Å²) in [6.07, 6.45) is 4.91. The van der Waals surface area contributed by atoms with Crippen molar-refractivity contribution >= 4 is 5.97 Å². The smallest absolute Gasteiger partial charge is 0.335 e. The second-order valence-corrected chi connectivity index (χ2v) is 2.44. The van der Waals surface area contributed by atoms with Gasteiger partial charge in [-0.3, -0.25) is 0 Å². The van der Waals surface area contributed by atoms with Crippen LogP contribution in [0.5, 0.6) is 5.75 Å². The molecule has 1 aromatic carbocycles. The molecule has 0 aliphatic heterocycles. The van der Waals surface area contributed by atoms with Crippen molar-refractivity contribution in [1.29, 1.82) is 0 Å². The number of hydrogen-bond acceptors (Lipinski definition) is 2. The molecule has 0 unspecified atom stereocenters. The largest absolute Gasteiger partial charge is 0.478 e. The molecule has 0 saturated carbocycles. The van der Waals surface area contributed by atoms with Gasteiger partial charge in [0.05, 0.1) is 5.56 Å². The fraction of sp³-hybridized carbons (Fsp3) is 0.100. The Hall–Kier alpha value is -2.02. The van der Waals surface area contributed by atoms with Crippen molar-refractivity contribution in [2.45, 2.75) is 0 Å². The van der Waals surface area contributed by atoms with Gasteiger partial charge in [0.25, 0.3) is 0 Å². The summed E-state index contributed by atoms with van der Waals surface area (Å²) < 4.78 is 17.9. The highest BCUT2D eigenvalue weighted by atomic mass is 19.1. The topological polar surface area (TPSA) is 46.5 Å². The van der Waals surface area contributed by atoms with Gasteiger partial charge in [-0.1, -0.05) is 5.92 Å². The lowest BCUT2D eigenvalue weighted by Gasteiger charge is -2.03. The first-order valence-electron chi connectivity index (χ1n) is 3.74. The second-order valence-electron chi connectivity index (χ2n) is 2.44. The van der Waals surface area contributed by atoms with Crippen LogP contribution in [-0.4, -0.2) is 17.7 Å². The Labute approximate surface area is 80.1 Å². The Morgan fingerprint density at radius 2 is 2.36 bits per heavy atom. The molecule has 0 amide bonds. The molecule has 0 heterocycles. The number of ether oxygens (including phenoxy) is 1. The monoisotopic (exact) mass is 194 g/mol. The third kappa shape index (κ3) is 2.23. The lowest BCUT2D eigenvalue weighted by Crippen LogP contribution is -2.00. The van der Waals surface area contributed by atoms with Gasteiger partial charge in [0.2, 0.25) is 0 Å². The minimum Gasteiger partial charge on any atom is -0.478 e. The van der Waals surface area contributed by atoms with Gasteiger partial charge in [-0.2, -0.15) is 0 Å². The van der Waals surface area contributed by atoms with Crippen LogP contribution in [0.15, 0.2) is 18.2 Å². The van der Waals surface area contributed by atoms with Crippen molar-refractivity contribution in [2.24, 2.45) is 0 Å². The van der Waals surface area contributed by atoms with E-state index < -0.39 is 11.8 Å². The van der Waals surface area contributed by atoms with E-state index in [9.17, 15) is 9.18 Å². The number of carboxylic acids is 1. The molecule has 4 heteroatoms. The molecular formula is C10H7FO3. The molecule has 1 aromatic rings. The first kappa shape index (κ1) is 10.1. The summed E-state index contributed by atoms with van der Waals surface area (Å²) in [5, 5.41) is 8.54. The zero-order valence-electron chi connectivity index (χ0n) is 7.16. The van der Waals surface area contributed by atoms with Gasteiger partial charge in [-0.05, 0) is 18.2 Å². The minimum absolute atomic E-state index is 0.0482. The van der Waals surface area contributed by atoms with Gasteiger partial charge in [0, 0.05) is 0 Å². The Balaban J connectivity index is 2.91. The molecule has 72 valence electrons. The highest BCUT2D eigenvalue weighted by Crippen LogP contribution is 2.18. The van der Waals surface area contributed by atoms with Crippen LogP contribution in [0.4, 0.5) is 4.39 Å². The molecule has 0 fully saturated rings. The van der Waals surface area contributed by atoms with Crippen LogP contribution < -0.4 is 4.74 Å². The van der Waals surface area contributed by atoms with Crippen molar-refractivity contribution in [3.8, 4) is 18.1 Å². The zero-order valence-corrected chi connectivity index (χ0v) is 7.16. The molecule has 0 aliphatic carbocycles. The predicted molar refractivity (Wildman–Crippen MR) is 47.7 cm³/mol. The first-order valence-corrected chi connectivity index (χ1v) is 3.74. The number of hydrogen-bond donors (Lipinski definition) is 1. The third-order valence-electron chi connectivity index (χ3n) is 1.49. The van der Waals surface area contributed by atoms with E-state index >= 15 is 0 Å². The summed E-state index contributed by atoms with van der Waals surface area (Å²) in [6, 6.07) is 3.36. The zero-order chi connectivity index (χ0) is 10.6. The van der Waals surface area contributed by atoms with Gasteiger partial charge in [-0.25, -0.2) is 9.18 Å². The van der Waals surface area contributed by atoms with Crippen LogP contribution in [0.2, 0.25) is 0 Å². The second kappa shape index (κ2) is 4.28. The maximum atomic E-state index is 13.1. The molecule has 1 rings (SSSR count). The van der Waals surface area contributed by atoms with E-state index in [4.69, 9.17) is 16.3 Å². The van der Waals surface area contributed by atoms with Crippen LogP contribution in [0.1, 0.15) is 10.4 Å². The summed E-state index contributed by atoms with van der Waals surface area (Å²) in [5.74, 6) is 0.204. The molecule has 3 nitrogen and oxygen atoms in total. The summed E-state index contributed by atoms with van der Waals surface area (Å²) in [5.41, 5.74) is -0.129. The van der Waals surface area contributed by atoms with Gasteiger partial charge in [0.1, 0.15) is 6.61 Å².